The lowest BCUT2D eigenvalue weighted by Crippen LogP contribution is -2.40. The first-order valence-corrected chi connectivity index (χ1v) is 7.35. The summed E-state index contributed by atoms with van der Waals surface area (Å²) in [6.07, 6.45) is 0. The summed E-state index contributed by atoms with van der Waals surface area (Å²) in [4.78, 5) is 16.2. The van der Waals surface area contributed by atoms with Gasteiger partial charge in [0, 0.05) is 31.7 Å². The number of nitrogens with one attached hydrogen (secondary N) is 1. The van der Waals surface area contributed by atoms with Crippen LogP contribution < -0.4 is 10.2 Å². The van der Waals surface area contributed by atoms with Crippen LogP contribution >= 0.6 is 0 Å². The summed E-state index contributed by atoms with van der Waals surface area (Å²) in [5, 5.41) is 3.05. The van der Waals surface area contributed by atoms with E-state index in [0.717, 1.165) is 0 Å². The van der Waals surface area contributed by atoms with Gasteiger partial charge in [0.05, 0.1) is 6.04 Å². The van der Waals surface area contributed by atoms with E-state index in [1.165, 1.54) is 11.3 Å². The Morgan fingerprint density at radius 1 is 1.10 bits per heavy atom. The molecular weight excluding hydrogens is 262 g/mol. The molecule has 0 fully saturated rings. The van der Waals surface area contributed by atoms with Gasteiger partial charge in [0.1, 0.15) is 0 Å². The molecule has 1 aromatic rings. The highest BCUT2D eigenvalue weighted by Gasteiger charge is 2.23. The third kappa shape index (κ3) is 5.05. The largest absolute Gasteiger partial charge is 0.378 e. The SMILES string of the molecule is CN(C)c1ccc([C@H](CNC(=O)C(C)(C)C)N(C)C)cc1. The van der Waals surface area contributed by atoms with Crippen LogP contribution in [0.3, 0.4) is 0 Å². The van der Waals surface area contributed by atoms with Gasteiger partial charge in [-0.2, -0.15) is 0 Å². The molecule has 4 nitrogen and oxygen atoms in total. The van der Waals surface area contributed by atoms with Crippen LogP contribution in [-0.2, 0) is 4.79 Å². The van der Waals surface area contributed by atoms with E-state index >= 15 is 0 Å². The molecule has 0 unspecified atom stereocenters. The lowest BCUT2D eigenvalue weighted by Gasteiger charge is -2.27. The van der Waals surface area contributed by atoms with Crippen molar-refractivity contribution in [2.45, 2.75) is 26.8 Å². The minimum atomic E-state index is -0.356. The molecule has 0 spiro atoms. The van der Waals surface area contributed by atoms with Gasteiger partial charge in [-0.3, -0.25) is 4.79 Å². The number of hydrogen-bond donors (Lipinski definition) is 1. The monoisotopic (exact) mass is 291 g/mol. The van der Waals surface area contributed by atoms with Crippen LogP contribution in [0.2, 0.25) is 0 Å². The van der Waals surface area contributed by atoms with Gasteiger partial charge in [-0.1, -0.05) is 32.9 Å². The van der Waals surface area contributed by atoms with Crippen LogP contribution in [0.15, 0.2) is 24.3 Å². The molecule has 0 bridgehead atoms. The molecule has 118 valence electrons. The van der Waals surface area contributed by atoms with E-state index in [2.05, 4.69) is 39.4 Å². The van der Waals surface area contributed by atoms with Gasteiger partial charge < -0.3 is 15.1 Å². The minimum Gasteiger partial charge on any atom is -0.378 e. The zero-order valence-electron chi connectivity index (χ0n) is 14.4. The van der Waals surface area contributed by atoms with Crippen molar-refractivity contribution in [1.29, 1.82) is 0 Å². The summed E-state index contributed by atoms with van der Waals surface area (Å²) in [5.74, 6) is 0.0826. The molecule has 4 heteroatoms. The summed E-state index contributed by atoms with van der Waals surface area (Å²) in [6.45, 7) is 6.40. The van der Waals surface area contributed by atoms with E-state index in [-0.39, 0.29) is 17.4 Å². The molecule has 1 atom stereocenters. The standard InChI is InChI=1S/C17H29N3O/c1-17(2,3)16(21)18-12-15(20(6)7)13-8-10-14(11-9-13)19(4)5/h8-11,15H,12H2,1-7H3,(H,18,21)/t15-/m0/s1. The highest BCUT2D eigenvalue weighted by atomic mass is 16.2. The summed E-state index contributed by atoms with van der Waals surface area (Å²) in [5.41, 5.74) is 2.03. The maximum Gasteiger partial charge on any atom is 0.225 e. The van der Waals surface area contributed by atoms with Gasteiger partial charge in [-0.05, 0) is 31.8 Å². The molecule has 21 heavy (non-hydrogen) atoms. The van der Waals surface area contributed by atoms with Gasteiger partial charge in [0.2, 0.25) is 5.91 Å². The maximum absolute atomic E-state index is 12.0. The van der Waals surface area contributed by atoms with E-state index in [1.54, 1.807) is 0 Å². The number of hydrogen-bond acceptors (Lipinski definition) is 3. The molecule has 0 saturated heterocycles. The first-order chi connectivity index (χ1) is 9.62. The molecule has 1 amide bonds. The van der Waals surface area contributed by atoms with Crippen LogP contribution in [0, 0.1) is 5.41 Å². The normalized spacial score (nSPS) is 13.1. The maximum atomic E-state index is 12.0. The molecule has 0 heterocycles. The second kappa shape index (κ2) is 6.94. The molecule has 1 aromatic carbocycles. The van der Waals surface area contributed by atoms with Gasteiger partial charge in [-0.15, -0.1) is 0 Å². The Hall–Kier alpha value is -1.55. The second-order valence-corrected chi connectivity index (χ2v) is 6.93. The van der Waals surface area contributed by atoms with Gasteiger partial charge in [0.15, 0.2) is 0 Å². The highest BCUT2D eigenvalue weighted by Crippen LogP contribution is 2.21. The van der Waals surface area contributed by atoms with Crippen LogP contribution in [0.1, 0.15) is 32.4 Å². The average molecular weight is 291 g/mol. The predicted octanol–water partition coefficient (Wildman–Crippen LogP) is 2.52. The van der Waals surface area contributed by atoms with Crippen molar-refractivity contribution in [3.63, 3.8) is 0 Å². The van der Waals surface area contributed by atoms with E-state index < -0.39 is 0 Å². The summed E-state index contributed by atoms with van der Waals surface area (Å²) < 4.78 is 0. The fourth-order valence-electron chi connectivity index (χ4n) is 2.05. The topological polar surface area (TPSA) is 35.6 Å². The summed E-state index contributed by atoms with van der Waals surface area (Å²) in [6, 6.07) is 8.65. The first-order valence-electron chi connectivity index (χ1n) is 7.35. The number of nitrogens with zero attached hydrogens (tertiary/aromatic N) is 2. The van der Waals surface area contributed by atoms with Crippen molar-refractivity contribution in [3.05, 3.63) is 29.8 Å². The van der Waals surface area contributed by atoms with Crippen molar-refractivity contribution in [3.8, 4) is 0 Å². The molecule has 0 saturated carbocycles. The van der Waals surface area contributed by atoms with E-state index in [9.17, 15) is 4.79 Å². The zero-order chi connectivity index (χ0) is 16.2. The molecule has 0 aromatic heterocycles. The number of likely N-dealkylation sites (N-methyl/N-ethyl adjacent to an activating group) is 1. The molecule has 0 aliphatic heterocycles. The quantitative estimate of drug-likeness (QED) is 0.905. The smallest absolute Gasteiger partial charge is 0.225 e. The highest BCUT2D eigenvalue weighted by molar-refractivity contribution is 5.81. The molecule has 1 N–H and O–H groups in total. The summed E-state index contributed by atoms with van der Waals surface area (Å²) in [7, 11) is 8.13. The molecule has 0 aliphatic carbocycles. The second-order valence-electron chi connectivity index (χ2n) is 6.93. The number of rotatable bonds is 5. The number of amides is 1. The Morgan fingerprint density at radius 3 is 2.00 bits per heavy atom. The minimum absolute atomic E-state index is 0.0826. The van der Waals surface area contributed by atoms with Crippen molar-refractivity contribution < 1.29 is 4.79 Å². The fourth-order valence-corrected chi connectivity index (χ4v) is 2.05. The zero-order valence-corrected chi connectivity index (χ0v) is 14.4. The Kier molecular flexibility index (Phi) is 5.78. The van der Waals surface area contributed by atoms with Crippen LogP contribution in [0.25, 0.3) is 0 Å². The van der Waals surface area contributed by atoms with Crippen molar-refractivity contribution in [1.82, 2.24) is 10.2 Å². The van der Waals surface area contributed by atoms with Gasteiger partial charge in [-0.25, -0.2) is 0 Å². The van der Waals surface area contributed by atoms with Crippen LogP contribution in [0.5, 0.6) is 0 Å². The number of carbonyl (C=O) groups is 1. The Bertz CT molecular complexity index is 458. The predicted molar refractivity (Wildman–Crippen MR) is 89.7 cm³/mol. The first kappa shape index (κ1) is 17.5. The van der Waals surface area contributed by atoms with Crippen LogP contribution in [0.4, 0.5) is 5.69 Å². The lowest BCUT2D eigenvalue weighted by atomic mass is 9.95. The number of benzene rings is 1. The van der Waals surface area contributed by atoms with E-state index in [1.807, 2.05) is 49.0 Å². The van der Waals surface area contributed by atoms with Crippen molar-refractivity contribution in [2.75, 3.05) is 39.6 Å². The Labute approximate surface area is 129 Å². The number of carbonyl (C=O) groups excluding carboxylic acids is 1. The molecule has 0 aliphatic rings. The molecule has 1 rings (SSSR count). The third-order valence-corrected chi connectivity index (χ3v) is 3.55. The summed E-state index contributed by atoms with van der Waals surface area (Å²) >= 11 is 0. The van der Waals surface area contributed by atoms with Crippen molar-refractivity contribution in [2.24, 2.45) is 5.41 Å². The van der Waals surface area contributed by atoms with Gasteiger partial charge in [0.25, 0.3) is 0 Å². The lowest BCUT2D eigenvalue weighted by molar-refractivity contribution is -0.128. The van der Waals surface area contributed by atoms with E-state index in [4.69, 9.17) is 0 Å². The Balaban J connectivity index is 2.80. The Morgan fingerprint density at radius 2 is 1.62 bits per heavy atom. The third-order valence-electron chi connectivity index (χ3n) is 3.55. The average Bonchev–Trinajstić information content (AvgIpc) is 2.37. The van der Waals surface area contributed by atoms with E-state index in [0.29, 0.717) is 6.54 Å². The van der Waals surface area contributed by atoms with Crippen molar-refractivity contribution >= 4 is 11.6 Å². The fraction of sp³-hybridized carbons (Fsp3) is 0.588. The molecule has 0 radical (unpaired) electrons. The van der Waals surface area contributed by atoms with Crippen LogP contribution in [-0.4, -0.2) is 45.5 Å². The molecular formula is C17H29N3O. The van der Waals surface area contributed by atoms with Gasteiger partial charge >= 0.3 is 0 Å². The number of anilines is 1.